The van der Waals surface area contributed by atoms with E-state index in [0.717, 1.165) is 24.2 Å². The van der Waals surface area contributed by atoms with Crippen LogP contribution in [0.3, 0.4) is 0 Å². The molecule has 0 bridgehead atoms. The van der Waals surface area contributed by atoms with E-state index in [9.17, 15) is 0 Å². The van der Waals surface area contributed by atoms with Gasteiger partial charge in [-0.3, -0.25) is 0 Å². The third kappa shape index (κ3) is 11.4. The molecule has 0 saturated carbocycles. The molecule has 1 nitrogen and oxygen atoms in total. The predicted octanol–water partition coefficient (Wildman–Crippen LogP) is 17.9. The molecule has 0 atom stereocenters. The van der Waals surface area contributed by atoms with Gasteiger partial charge in [0.25, 0.3) is 0 Å². The largest absolute Gasteiger partial charge is 0.310 e. The van der Waals surface area contributed by atoms with Crippen molar-refractivity contribution in [1.82, 2.24) is 0 Å². The Morgan fingerprint density at radius 3 is 1.55 bits per heavy atom. The fraction of sp³-hybridized carbons (Fsp3) is 0.297. The van der Waals surface area contributed by atoms with Gasteiger partial charge in [-0.15, -0.1) is 0 Å². The fourth-order valence-electron chi connectivity index (χ4n) is 11.7. The molecular formula is C74H84BN. The monoisotopic (exact) mass is 998 g/mol. The summed E-state index contributed by atoms with van der Waals surface area (Å²) in [5.41, 5.74) is 25.2. The zero-order valence-electron chi connectivity index (χ0n) is 48.9. The van der Waals surface area contributed by atoms with Crippen LogP contribution in [-0.2, 0) is 28.1 Å². The summed E-state index contributed by atoms with van der Waals surface area (Å²) in [6.07, 6.45) is 8.75. The average molecular weight is 998 g/mol. The van der Waals surface area contributed by atoms with Crippen molar-refractivity contribution in [3.8, 4) is 0 Å². The molecule has 0 heterocycles. The lowest BCUT2D eigenvalue weighted by Gasteiger charge is -2.33. The molecule has 388 valence electrons. The van der Waals surface area contributed by atoms with Gasteiger partial charge in [-0.25, -0.2) is 0 Å². The third-order valence-electron chi connectivity index (χ3n) is 16.8. The molecule has 0 spiro atoms. The Kier molecular flexibility index (Phi) is 16.3. The molecule has 0 aromatic heterocycles. The fourth-order valence-corrected chi connectivity index (χ4v) is 11.7. The van der Waals surface area contributed by atoms with Gasteiger partial charge in [0, 0.05) is 33.3 Å². The molecule has 0 aliphatic carbocycles. The summed E-state index contributed by atoms with van der Waals surface area (Å²) in [6, 6.07) is 67.3. The van der Waals surface area contributed by atoms with E-state index in [0.29, 0.717) is 0 Å². The van der Waals surface area contributed by atoms with Gasteiger partial charge < -0.3 is 4.90 Å². The maximum Gasteiger partial charge on any atom is 0.242 e. The third-order valence-corrected chi connectivity index (χ3v) is 16.8. The number of nitrogens with zero attached hydrogens (tertiary/aromatic N) is 1. The average Bonchev–Trinajstić information content (AvgIpc) is 3.41. The maximum absolute atomic E-state index is 2.59. The Labute approximate surface area is 460 Å². The predicted molar refractivity (Wildman–Crippen MR) is 334 cm³/mol. The SMILES string of the molecule is C/C=C(\C=C/CC)C(C)(C)c1ccc(Cc2ccc(C(C)(C)c3ccccc3)cc2)c(B(c2cc(C(C)(C)c3ccccc3)ccc2C)c2c(C)cc(N(c3ccc(C(C)(C)C)cc3)c3ccc(C)cc3C)cc2C)c1. The van der Waals surface area contributed by atoms with E-state index < -0.39 is 0 Å². The normalized spacial score (nSPS) is 12.6. The summed E-state index contributed by atoms with van der Waals surface area (Å²) in [5.74, 6) is 0. The minimum Gasteiger partial charge on any atom is -0.310 e. The summed E-state index contributed by atoms with van der Waals surface area (Å²) < 4.78 is 0. The lowest BCUT2D eigenvalue weighted by molar-refractivity contribution is 0.590. The standard InChI is InChI=1S/C74H84BN/c1-17-19-26-58(18-2)72(11,12)64-39-35-57(48-56-33-37-62(38-34-56)73(13,14)60-27-22-20-23-28-60)68(50-64)75(67-49-63(36-32-52(67)4)74(15,16)61-29-24-21-25-30-61)70-54(6)46-66(47-55(70)7)76(69-44-31-51(3)45-53(69)5)65-42-40-59(41-43-65)71(8,9)10/h18-47,49-50H,17,48H2,1-16H3/b26-19-,58-18+. The second kappa shape index (κ2) is 22.4. The van der Waals surface area contributed by atoms with Crippen molar-refractivity contribution in [2.75, 3.05) is 4.90 Å². The first-order chi connectivity index (χ1) is 36.1. The van der Waals surface area contributed by atoms with Crippen molar-refractivity contribution in [2.24, 2.45) is 0 Å². The zero-order chi connectivity index (χ0) is 54.7. The molecule has 0 aliphatic rings. The van der Waals surface area contributed by atoms with Crippen molar-refractivity contribution in [2.45, 2.75) is 145 Å². The molecule has 0 unspecified atom stereocenters. The molecule has 8 aromatic rings. The summed E-state index contributed by atoms with van der Waals surface area (Å²) in [4.78, 5) is 2.48. The number of allylic oxidation sites excluding steroid dienone is 4. The molecule has 0 radical (unpaired) electrons. The van der Waals surface area contributed by atoms with Gasteiger partial charge in [0.15, 0.2) is 0 Å². The highest BCUT2D eigenvalue weighted by Crippen LogP contribution is 2.40. The highest BCUT2D eigenvalue weighted by atomic mass is 15.1. The number of aryl methyl sites for hydroxylation is 5. The number of benzene rings is 8. The summed E-state index contributed by atoms with van der Waals surface area (Å²) in [5, 5.41) is 0. The van der Waals surface area contributed by atoms with Gasteiger partial charge >= 0.3 is 0 Å². The second-order valence-corrected chi connectivity index (χ2v) is 24.4. The van der Waals surface area contributed by atoms with Gasteiger partial charge in [0.2, 0.25) is 6.71 Å². The van der Waals surface area contributed by atoms with Crippen LogP contribution in [-0.4, -0.2) is 6.71 Å². The second-order valence-electron chi connectivity index (χ2n) is 24.4. The van der Waals surface area contributed by atoms with Crippen LogP contribution in [0.1, 0.15) is 155 Å². The zero-order valence-corrected chi connectivity index (χ0v) is 48.9. The first-order valence-corrected chi connectivity index (χ1v) is 27.9. The van der Waals surface area contributed by atoms with Crippen LogP contribution in [0.15, 0.2) is 200 Å². The molecule has 0 N–H and O–H groups in total. The number of rotatable bonds is 16. The molecule has 0 saturated heterocycles. The van der Waals surface area contributed by atoms with Crippen molar-refractivity contribution in [1.29, 1.82) is 0 Å². The van der Waals surface area contributed by atoms with Crippen LogP contribution in [0.4, 0.5) is 17.1 Å². The maximum atomic E-state index is 2.59. The Balaban J connectivity index is 1.39. The van der Waals surface area contributed by atoms with Crippen LogP contribution < -0.4 is 21.3 Å². The molecule has 2 heteroatoms. The summed E-state index contributed by atoms with van der Waals surface area (Å²) in [6.45, 7) is 36.9. The van der Waals surface area contributed by atoms with E-state index in [1.54, 1.807) is 0 Å². The van der Waals surface area contributed by atoms with E-state index in [2.05, 4.69) is 310 Å². The van der Waals surface area contributed by atoms with Gasteiger partial charge in [0.1, 0.15) is 0 Å². The van der Waals surface area contributed by atoms with E-state index >= 15 is 0 Å². The molecular weight excluding hydrogens is 914 g/mol. The van der Waals surface area contributed by atoms with Crippen LogP contribution >= 0.6 is 0 Å². The van der Waals surface area contributed by atoms with Crippen LogP contribution in [0.2, 0.25) is 0 Å². The van der Waals surface area contributed by atoms with E-state index in [1.807, 2.05) is 0 Å². The Hall–Kier alpha value is -6.90. The molecule has 76 heavy (non-hydrogen) atoms. The Morgan fingerprint density at radius 1 is 0.474 bits per heavy atom. The van der Waals surface area contributed by atoms with Crippen molar-refractivity contribution < 1.29 is 0 Å². The lowest BCUT2D eigenvalue weighted by atomic mass is 9.33. The molecule has 8 rings (SSSR count). The summed E-state index contributed by atoms with van der Waals surface area (Å²) in [7, 11) is 0. The lowest BCUT2D eigenvalue weighted by Crippen LogP contribution is -2.56. The molecule has 8 aromatic carbocycles. The van der Waals surface area contributed by atoms with Crippen LogP contribution in [0.25, 0.3) is 0 Å². The van der Waals surface area contributed by atoms with Crippen LogP contribution in [0.5, 0.6) is 0 Å². The van der Waals surface area contributed by atoms with Gasteiger partial charge in [-0.2, -0.15) is 0 Å². The first kappa shape index (κ1) is 55.3. The Morgan fingerprint density at radius 2 is 1.00 bits per heavy atom. The van der Waals surface area contributed by atoms with Crippen molar-refractivity contribution >= 4 is 40.2 Å². The van der Waals surface area contributed by atoms with Crippen molar-refractivity contribution in [3.63, 3.8) is 0 Å². The topological polar surface area (TPSA) is 3.24 Å². The minimum absolute atomic E-state index is 0.0490. The van der Waals surface area contributed by atoms with Crippen LogP contribution in [0, 0.1) is 34.6 Å². The van der Waals surface area contributed by atoms with Gasteiger partial charge in [0.05, 0.1) is 0 Å². The number of hydrogen-bond acceptors (Lipinski definition) is 1. The minimum atomic E-state index is -0.252. The van der Waals surface area contributed by atoms with E-state index in [-0.39, 0.29) is 28.4 Å². The number of anilines is 3. The first-order valence-electron chi connectivity index (χ1n) is 27.9. The summed E-state index contributed by atoms with van der Waals surface area (Å²) >= 11 is 0. The van der Waals surface area contributed by atoms with Gasteiger partial charge in [-0.05, 0) is 146 Å². The Bertz CT molecular complexity index is 3340. The molecule has 0 fully saturated rings. The van der Waals surface area contributed by atoms with E-state index in [1.165, 1.54) is 100.0 Å². The highest BCUT2D eigenvalue weighted by molar-refractivity contribution is 6.96. The highest BCUT2D eigenvalue weighted by Gasteiger charge is 2.34. The smallest absolute Gasteiger partial charge is 0.242 e. The molecule has 0 aliphatic heterocycles. The van der Waals surface area contributed by atoms with Gasteiger partial charge in [-0.1, -0.05) is 272 Å². The van der Waals surface area contributed by atoms with E-state index in [4.69, 9.17) is 0 Å². The quantitative estimate of drug-likeness (QED) is 0.0689. The molecule has 0 amide bonds. The number of hydrogen-bond donors (Lipinski definition) is 0. The van der Waals surface area contributed by atoms with Crippen molar-refractivity contribution in [3.05, 3.63) is 272 Å².